The Morgan fingerprint density at radius 1 is 1.32 bits per heavy atom. The van der Waals surface area contributed by atoms with Crippen LogP contribution in [0.1, 0.15) is 64.0 Å². The van der Waals surface area contributed by atoms with E-state index in [9.17, 15) is 4.79 Å². The molecule has 5 heteroatoms. The maximum absolute atomic E-state index is 12.7. The monoisotopic (exact) mass is 364 g/mol. The van der Waals surface area contributed by atoms with Crippen molar-refractivity contribution in [1.82, 2.24) is 5.32 Å². The van der Waals surface area contributed by atoms with Gasteiger partial charge in [0.15, 0.2) is 0 Å². The van der Waals surface area contributed by atoms with Crippen molar-refractivity contribution < 1.29 is 9.53 Å². The number of anilines is 1. The Kier molecular flexibility index (Phi) is 4.93. The number of halogens is 1. The van der Waals surface area contributed by atoms with Crippen LogP contribution in [0.5, 0.6) is 5.75 Å². The van der Waals surface area contributed by atoms with Crippen molar-refractivity contribution in [2.24, 2.45) is 17.8 Å². The molecule has 4 nitrogen and oxygen atoms in total. The Labute approximate surface area is 156 Å². The van der Waals surface area contributed by atoms with E-state index < -0.39 is 0 Å². The van der Waals surface area contributed by atoms with Crippen molar-refractivity contribution >= 4 is 24.0 Å². The SMILES string of the molecule is CC1(C)CC(NC(=O)CC2CC3CCC2C3)c2cc(N)ccc2O1.Cl. The van der Waals surface area contributed by atoms with Gasteiger partial charge in [0.1, 0.15) is 11.4 Å². The van der Waals surface area contributed by atoms with Crippen LogP contribution in [0, 0.1) is 17.8 Å². The zero-order valence-electron chi connectivity index (χ0n) is 15.1. The highest BCUT2D eigenvalue weighted by molar-refractivity contribution is 5.85. The topological polar surface area (TPSA) is 64.4 Å². The van der Waals surface area contributed by atoms with Crippen LogP contribution >= 0.6 is 12.4 Å². The summed E-state index contributed by atoms with van der Waals surface area (Å²) >= 11 is 0. The fraction of sp³-hybridized carbons (Fsp3) is 0.650. The van der Waals surface area contributed by atoms with Crippen molar-refractivity contribution in [3.05, 3.63) is 23.8 Å². The fourth-order valence-electron chi connectivity index (χ4n) is 5.12. The van der Waals surface area contributed by atoms with Crippen molar-refractivity contribution in [3.63, 3.8) is 0 Å². The zero-order valence-corrected chi connectivity index (χ0v) is 15.9. The first-order valence-electron chi connectivity index (χ1n) is 9.27. The molecule has 4 unspecified atom stereocenters. The molecule has 2 aliphatic carbocycles. The van der Waals surface area contributed by atoms with Gasteiger partial charge in [-0.3, -0.25) is 4.79 Å². The van der Waals surface area contributed by atoms with Gasteiger partial charge >= 0.3 is 0 Å². The van der Waals surface area contributed by atoms with Crippen molar-refractivity contribution in [2.75, 3.05) is 5.73 Å². The predicted molar refractivity (Wildman–Crippen MR) is 102 cm³/mol. The Morgan fingerprint density at radius 3 is 2.80 bits per heavy atom. The number of nitrogen functional groups attached to an aromatic ring is 1. The van der Waals surface area contributed by atoms with Gasteiger partial charge in [0.25, 0.3) is 0 Å². The molecule has 4 atom stereocenters. The van der Waals surface area contributed by atoms with E-state index in [0.29, 0.717) is 18.0 Å². The van der Waals surface area contributed by atoms with E-state index in [-0.39, 0.29) is 30.0 Å². The molecule has 4 rings (SSSR count). The molecule has 0 aromatic heterocycles. The van der Waals surface area contributed by atoms with E-state index in [4.69, 9.17) is 10.5 Å². The molecular formula is C20H29ClN2O2. The summed E-state index contributed by atoms with van der Waals surface area (Å²) < 4.78 is 6.05. The molecule has 1 heterocycles. The zero-order chi connectivity index (χ0) is 16.9. The van der Waals surface area contributed by atoms with E-state index >= 15 is 0 Å². The van der Waals surface area contributed by atoms with Gasteiger partial charge in [-0.1, -0.05) is 6.42 Å². The number of hydrogen-bond acceptors (Lipinski definition) is 3. The van der Waals surface area contributed by atoms with Crippen LogP contribution in [0.4, 0.5) is 5.69 Å². The average Bonchev–Trinajstić information content (AvgIpc) is 3.09. The van der Waals surface area contributed by atoms with Crippen LogP contribution < -0.4 is 15.8 Å². The summed E-state index contributed by atoms with van der Waals surface area (Å²) in [6.07, 6.45) is 6.75. The van der Waals surface area contributed by atoms with Gasteiger partial charge in [0.05, 0.1) is 6.04 Å². The standard InChI is InChI=1S/C20H28N2O2.ClH/c1-20(2)11-17(16-10-15(21)5-6-18(16)24-20)22-19(23)9-14-8-12-3-4-13(14)7-12;/h5-6,10,12-14,17H,3-4,7-9,11,21H2,1-2H3,(H,22,23);1H. The first-order chi connectivity index (χ1) is 11.4. The highest BCUT2D eigenvalue weighted by Crippen LogP contribution is 2.49. The van der Waals surface area contributed by atoms with Crippen molar-refractivity contribution in [1.29, 1.82) is 0 Å². The second kappa shape index (κ2) is 6.71. The molecule has 0 radical (unpaired) electrons. The molecule has 138 valence electrons. The van der Waals surface area contributed by atoms with E-state index in [1.54, 1.807) is 0 Å². The molecule has 1 amide bonds. The summed E-state index contributed by atoms with van der Waals surface area (Å²) in [4.78, 5) is 12.7. The van der Waals surface area contributed by atoms with E-state index in [1.807, 2.05) is 18.2 Å². The van der Waals surface area contributed by atoms with Gasteiger partial charge < -0.3 is 15.8 Å². The smallest absolute Gasteiger partial charge is 0.220 e. The van der Waals surface area contributed by atoms with Gasteiger partial charge in [0.2, 0.25) is 5.91 Å². The van der Waals surface area contributed by atoms with Crippen LogP contribution in [-0.2, 0) is 4.79 Å². The minimum absolute atomic E-state index is 0. The lowest BCUT2D eigenvalue weighted by Gasteiger charge is -2.38. The molecule has 2 bridgehead atoms. The van der Waals surface area contributed by atoms with Crippen LogP contribution in [0.15, 0.2) is 18.2 Å². The number of nitrogens with one attached hydrogen (secondary N) is 1. The third kappa shape index (κ3) is 3.74. The molecule has 0 saturated heterocycles. The molecule has 2 fully saturated rings. The number of ether oxygens (including phenoxy) is 1. The quantitative estimate of drug-likeness (QED) is 0.788. The molecule has 2 saturated carbocycles. The van der Waals surface area contributed by atoms with Crippen LogP contribution in [0.3, 0.4) is 0 Å². The van der Waals surface area contributed by atoms with Gasteiger partial charge in [-0.25, -0.2) is 0 Å². The average molecular weight is 365 g/mol. The van der Waals surface area contributed by atoms with E-state index in [1.165, 1.54) is 25.7 Å². The number of nitrogens with two attached hydrogens (primary N) is 1. The second-order valence-electron chi connectivity index (χ2n) is 8.62. The summed E-state index contributed by atoms with van der Waals surface area (Å²) in [5.74, 6) is 3.29. The summed E-state index contributed by atoms with van der Waals surface area (Å²) in [5.41, 5.74) is 7.39. The fourth-order valence-corrected chi connectivity index (χ4v) is 5.12. The third-order valence-corrected chi connectivity index (χ3v) is 6.16. The molecule has 3 aliphatic rings. The Bertz CT molecular complexity index is 661. The lowest BCUT2D eigenvalue weighted by Crippen LogP contribution is -2.41. The van der Waals surface area contributed by atoms with Crippen molar-refractivity contribution in [2.45, 2.75) is 64.0 Å². The largest absolute Gasteiger partial charge is 0.487 e. The van der Waals surface area contributed by atoms with Gasteiger partial charge in [-0.15, -0.1) is 12.4 Å². The molecule has 3 N–H and O–H groups in total. The minimum atomic E-state index is -0.284. The molecule has 0 spiro atoms. The van der Waals surface area contributed by atoms with Gasteiger partial charge in [-0.2, -0.15) is 0 Å². The minimum Gasteiger partial charge on any atom is -0.487 e. The third-order valence-electron chi connectivity index (χ3n) is 6.16. The normalized spacial score (nSPS) is 31.6. The number of benzene rings is 1. The summed E-state index contributed by atoms with van der Waals surface area (Å²) in [5, 5.41) is 3.27. The number of carbonyl (C=O) groups excluding carboxylic acids is 1. The number of fused-ring (bicyclic) bond motifs is 3. The summed E-state index contributed by atoms with van der Waals surface area (Å²) in [7, 11) is 0. The van der Waals surface area contributed by atoms with E-state index in [0.717, 1.165) is 29.6 Å². The molecule has 25 heavy (non-hydrogen) atoms. The summed E-state index contributed by atoms with van der Waals surface area (Å²) in [6.45, 7) is 4.14. The summed E-state index contributed by atoms with van der Waals surface area (Å²) in [6, 6.07) is 5.69. The van der Waals surface area contributed by atoms with Crippen LogP contribution in [0.2, 0.25) is 0 Å². The number of carbonyl (C=O) groups is 1. The first kappa shape index (κ1) is 18.4. The maximum atomic E-state index is 12.7. The lowest BCUT2D eigenvalue weighted by molar-refractivity contribution is -0.123. The van der Waals surface area contributed by atoms with Gasteiger partial charge in [0, 0.05) is 24.1 Å². The van der Waals surface area contributed by atoms with Crippen LogP contribution in [-0.4, -0.2) is 11.5 Å². The highest BCUT2D eigenvalue weighted by Gasteiger charge is 2.41. The Hall–Kier alpha value is -1.42. The Balaban J connectivity index is 0.00000182. The van der Waals surface area contributed by atoms with Gasteiger partial charge in [-0.05, 0) is 69.1 Å². The number of hydrogen-bond donors (Lipinski definition) is 2. The molecule has 1 aliphatic heterocycles. The Morgan fingerprint density at radius 2 is 2.12 bits per heavy atom. The lowest BCUT2D eigenvalue weighted by atomic mass is 9.85. The predicted octanol–water partition coefficient (Wildman–Crippen LogP) is 4.24. The maximum Gasteiger partial charge on any atom is 0.220 e. The van der Waals surface area contributed by atoms with E-state index in [2.05, 4.69) is 19.2 Å². The first-order valence-corrected chi connectivity index (χ1v) is 9.27. The number of amides is 1. The highest BCUT2D eigenvalue weighted by atomic mass is 35.5. The molecule has 1 aromatic carbocycles. The molecule has 1 aromatic rings. The number of rotatable bonds is 3. The van der Waals surface area contributed by atoms with Crippen molar-refractivity contribution in [3.8, 4) is 5.75 Å². The molecular weight excluding hydrogens is 336 g/mol. The second-order valence-corrected chi connectivity index (χ2v) is 8.62. The van der Waals surface area contributed by atoms with Crippen LogP contribution in [0.25, 0.3) is 0 Å².